The van der Waals surface area contributed by atoms with Crippen LogP contribution >= 0.6 is 0 Å². The molecule has 0 radical (unpaired) electrons. The quantitative estimate of drug-likeness (QED) is 0.869. The van der Waals surface area contributed by atoms with Crippen molar-refractivity contribution in [2.45, 2.75) is 12.8 Å². The van der Waals surface area contributed by atoms with Gasteiger partial charge in [0.2, 0.25) is 5.91 Å². The third-order valence-electron chi connectivity index (χ3n) is 4.64. The molecule has 0 bridgehead atoms. The van der Waals surface area contributed by atoms with E-state index in [1.165, 1.54) is 12.1 Å². The van der Waals surface area contributed by atoms with Gasteiger partial charge in [0.25, 0.3) is 0 Å². The molecule has 0 aromatic heterocycles. The molecule has 1 amide bonds. The molecule has 4 rings (SSSR count). The van der Waals surface area contributed by atoms with Crippen molar-refractivity contribution in [3.05, 3.63) is 53.8 Å². The van der Waals surface area contributed by atoms with Gasteiger partial charge in [0, 0.05) is 19.5 Å². The minimum Gasteiger partial charge on any atom is -0.489 e. The van der Waals surface area contributed by atoms with Gasteiger partial charge >= 0.3 is 0 Å². The summed E-state index contributed by atoms with van der Waals surface area (Å²) in [6.45, 7) is 3.07. The first kappa shape index (κ1) is 15.0. The topological polar surface area (TPSA) is 32.8 Å². The van der Waals surface area contributed by atoms with Crippen LogP contribution in [0.25, 0.3) is 0 Å². The number of hydrogen-bond acceptors (Lipinski definition) is 3. The zero-order chi connectivity index (χ0) is 16.5. The fourth-order valence-electron chi connectivity index (χ4n) is 3.40. The Bertz CT molecular complexity index is 760. The number of nitrogens with zero attached hydrogens (tertiary/aromatic N) is 2. The van der Waals surface area contributed by atoms with Gasteiger partial charge in [-0.1, -0.05) is 18.2 Å². The predicted molar refractivity (Wildman–Crippen MR) is 91.2 cm³/mol. The number of anilines is 2. The van der Waals surface area contributed by atoms with Crippen LogP contribution in [-0.4, -0.2) is 32.1 Å². The van der Waals surface area contributed by atoms with E-state index < -0.39 is 0 Å². The van der Waals surface area contributed by atoms with Crippen LogP contribution < -0.4 is 14.5 Å². The Balaban J connectivity index is 1.52. The Morgan fingerprint density at radius 3 is 2.75 bits per heavy atom. The van der Waals surface area contributed by atoms with Crippen LogP contribution in [0.2, 0.25) is 0 Å². The summed E-state index contributed by atoms with van der Waals surface area (Å²) in [4.78, 5) is 16.9. The summed E-state index contributed by atoms with van der Waals surface area (Å²) in [6.07, 6.45) is 1.03. The minimum atomic E-state index is -0.253. The lowest BCUT2D eigenvalue weighted by Crippen LogP contribution is -2.47. The third kappa shape index (κ3) is 2.70. The van der Waals surface area contributed by atoms with Gasteiger partial charge in [0.1, 0.15) is 23.9 Å². The summed E-state index contributed by atoms with van der Waals surface area (Å²) in [5, 5.41) is 0. The Kier molecular flexibility index (Phi) is 3.84. The normalized spacial score (nSPS) is 15.7. The lowest BCUT2D eigenvalue weighted by molar-refractivity contribution is -0.118. The van der Waals surface area contributed by atoms with Gasteiger partial charge in [-0.05, 0) is 36.2 Å². The molecule has 2 aliphatic rings. The number of halogens is 1. The zero-order valence-corrected chi connectivity index (χ0v) is 13.4. The van der Waals surface area contributed by atoms with E-state index in [0.29, 0.717) is 26.0 Å². The lowest BCUT2D eigenvalue weighted by Gasteiger charge is -2.41. The highest BCUT2D eigenvalue weighted by molar-refractivity contribution is 5.99. The number of hydrogen-bond donors (Lipinski definition) is 0. The maximum absolute atomic E-state index is 13.0. The summed E-state index contributed by atoms with van der Waals surface area (Å²) in [6, 6.07) is 12.2. The molecular weight excluding hydrogens is 307 g/mol. The second kappa shape index (κ2) is 6.15. The van der Waals surface area contributed by atoms with Crippen molar-refractivity contribution in [1.82, 2.24) is 0 Å². The van der Waals surface area contributed by atoms with Crippen LogP contribution in [0.15, 0.2) is 42.5 Å². The number of carbonyl (C=O) groups excluding carboxylic acids is 1. The second-order valence-electron chi connectivity index (χ2n) is 6.13. The number of benzene rings is 2. The molecule has 0 saturated carbocycles. The van der Waals surface area contributed by atoms with Gasteiger partial charge in [-0.3, -0.25) is 4.79 Å². The molecule has 2 aromatic rings. The van der Waals surface area contributed by atoms with Crippen molar-refractivity contribution in [2.75, 3.05) is 36.0 Å². The van der Waals surface area contributed by atoms with E-state index in [1.54, 1.807) is 12.1 Å². The van der Waals surface area contributed by atoms with Crippen LogP contribution in [0.1, 0.15) is 12.0 Å². The highest BCUT2D eigenvalue weighted by Gasteiger charge is 2.31. The minimum absolute atomic E-state index is 0.0953. The summed E-state index contributed by atoms with van der Waals surface area (Å²) in [5.74, 6) is 0.699. The zero-order valence-electron chi connectivity index (χ0n) is 13.4. The molecule has 0 unspecified atom stereocenters. The standard InChI is InChI=1S/C19H19FN2O2/c20-15-7-4-14(5-8-15)6-9-18(23)22-11-10-21-12-13-24-17-3-1-2-16(22)19(17)21/h1-5,7-8H,6,9-13H2. The number of amides is 1. The van der Waals surface area contributed by atoms with Crippen molar-refractivity contribution in [1.29, 1.82) is 0 Å². The molecule has 0 fully saturated rings. The van der Waals surface area contributed by atoms with E-state index in [4.69, 9.17) is 4.74 Å². The van der Waals surface area contributed by atoms with Gasteiger partial charge in [-0.15, -0.1) is 0 Å². The molecule has 124 valence electrons. The molecule has 0 saturated heterocycles. The maximum atomic E-state index is 13.0. The Morgan fingerprint density at radius 1 is 1.08 bits per heavy atom. The van der Waals surface area contributed by atoms with Crippen molar-refractivity contribution < 1.29 is 13.9 Å². The molecule has 2 aromatic carbocycles. The first-order chi connectivity index (χ1) is 11.7. The third-order valence-corrected chi connectivity index (χ3v) is 4.64. The molecule has 0 aliphatic carbocycles. The van der Waals surface area contributed by atoms with E-state index in [2.05, 4.69) is 4.90 Å². The van der Waals surface area contributed by atoms with Crippen molar-refractivity contribution in [3.8, 4) is 5.75 Å². The largest absolute Gasteiger partial charge is 0.489 e. The molecule has 0 atom stereocenters. The molecule has 2 heterocycles. The van der Waals surface area contributed by atoms with Crippen LogP contribution in [-0.2, 0) is 11.2 Å². The molecule has 24 heavy (non-hydrogen) atoms. The molecule has 0 N–H and O–H groups in total. The Hall–Kier alpha value is -2.56. The highest BCUT2D eigenvalue weighted by atomic mass is 19.1. The SMILES string of the molecule is O=C(CCc1ccc(F)cc1)N1CCN2CCOc3cccc1c32. The molecule has 0 spiro atoms. The molecule has 2 aliphatic heterocycles. The first-order valence-electron chi connectivity index (χ1n) is 8.28. The lowest BCUT2D eigenvalue weighted by atomic mass is 10.1. The van der Waals surface area contributed by atoms with Crippen molar-refractivity contribution >= 4 is 17.3 Å². The van der Waals surface area contributed by atoms with Crippen molar-refractivity contribution in [3.63, 3.8) is 0 Å². The van der Waals surface area contributed by atoms with Gasteiger partial charge in [0.15, 0.2) is 0 Å². The average Bonchev–Trinajstić information content (AvgIpc) is 2.62. The van der Waals surface area contributed by atoms with E-state index in [1.807, 2.05) is 23.1 Å². The summed E-state index contributed by atoms with van der Waals surface area (Å²) in [7, 11) is 0. The predicted octanol–water partition coefficient (Wildman–Crippen LogP) is 3.00. The van der Waals surface area contributed by atoms with Gasteiger partial charge in [-0.25, -0.2) is 4.39 Å². The van der Waals surface area contributed by atoms with Crippen LogP contribution in [0.3, 0.4) is 0 Å². The van der Waals surface area contributed by atoms with Crippen molar-refractivity contribution in [2.24, 2.45) is 0 Å². The Labute approximate surface area is 140 Å². The van der Waals surface area contributed by atoms with E-state index in [-0.39, 0.29) is 11.7 Å². The fourth-order valence-corrected chi connectivity index (χ4v) is 3.40. The van der Waals surface area contributed by atoms with Gasteiger partial charge in [0.05, 0.1) is 12.2 Å². The molecule has 4 nitrogen and oxygen atoms in total. The Morgan fingerprint density at radius 2 is 1.92 bits per heavy atom. The molecule has 5 heteroatoms. The number of rotatable bonds is 3. The fraction of sp³-hybridized carbons (Fsp3) is 0.316. The van der Waals surface area contributed by atoms with E-state index in [0.717, 1.165) is 35.8 Å². The van der Waals surface area contributed by atoms with Gasteiger partial charge in [-0.2, -0.15) is 0 Å². The summed E-state index contributed by atoms with van der Waals surface area (Å²) < 4.78 is 18.7. The molecular formula is C19H19FN2O2. The highest BCUT2D eigenvalue weighted by Crippen LogP contribution is 2.42. The number of carbonyl (C=O) groups is 1. The van der Waals surface area contributed by atoms with Crippen LogP contribution in [0, 0.1) is 5.82 Å². The number of aryl methyl sites for hydroxylation is 1. The number of ether oxygens (including phenoxy) is 1. The maximum Gasteiger partial charge on any atom is 0.227 e. The van der Waals surface area contributed by atoms with Crippen LogP contribution in [0.4, 0.5) is 15.8 Å². The van der Waals surface area contributed by atoms with E-state index in [9.17, 15) is 9.18 Å². The number of para-hydroxylation sites is 1. The average molecular weight is 326 g/mol. The van der Waals surface area contributed by atoms with Crippen LogP contribution in [0.5, 0.6) is 5.75 Å². The summed E-state index contributed by atoms with van der Waals surface area (Å²) >= 11 is 0. The van der Waals surface area contributed by atoms with Gasteiger partial charge < -0.3 is 14.5 Å². The smallest absolute Gasteiger partial charge is 0.227 e. The van der Waals surface area contributed by atoms with E-state index >= 15 is 0 Å². The monoisotopic (exact) mass is 326 g/mol. The first-order valence-corrected chi connectivity index (χ1v) is 8.28. The summed E-state index contributed by atoms with van der Waals surface area (Å²) in [5.41, 5.74) is 2.94. The second-order valence-corrected chi connectivity index (χ2v) is 6.13.